The number of rotatable bonds is 2. The molecule has 2 amide bonds. The average molecular weight is 267 g/mol. The molecule has 20 heavy (non-hydrogen) atoms. The fourth-order valence-electron chi connectivity index (χ4n) is 2.67. The van der Waals surface area contributed by atoms with E-state index in [1.54, 1.807) is 18.5 Å². The number of anilines is 1. The van der Waals surface area contributed by atoms with Crippen LogP contribution >= 0.6 is 0 Å². The van der Waals surface area contributed by atoms with Gasteiger partial charge in [0.2, 0.25) is 0 Å². The lowest BCUT2D eigenvalue weighted by molar-refractivity contribution is 0.247. The molecule has 4 heteroatoms. The number of aromatic nitrogens is 1. The molecule has 1 aromatic carbocycles. The third-order valence-electron chi connectivity index (χ3n) is 3.59. The van der Waals surface area contributed by atoms with E-state index < -0.39 is 0 Å². The molecule has 1 aliphatic rings. The molecule has 4 nitrogen and oxygen atoms in total. The third kappa shape index (κ3) is 2.79. The Morgan fingerprint density at radius 1 is 1.20 bits per heavy atom. The molecule has 0 aliphatic heterocycles. The van der Waals surface area contributed by atoms with E-state index in [0.717, 1.165) is 19.3 Å². The molecule has 2 aromatic rings. The van der Waals surface area contributed by atoms with Crippen LogP contribution in [0.4, 0.5) is 10.5 Å². The highest BCUT2D eigenvalue weighted by Crippen LogP contribution is 2.29. The van der Waals surface area contributed by atoms with Gasteiger partial charge in [0.25, 0.3) is 0 Å². The summed E-state index contributed by atoms with van der Waals surface area (Å²) in [6.07, 6.45) is 6.50. The predicted octanol–water partition coefficient (Wildman–Crippen LogP) is 3.28. The Morgan fingerprint density at radius 3 is 2.95 bits per heavy atom. The number of carbonyl (C=O) groups is 1. The zero-order valence-corrected chi connectivity index (χ0v) is 11.2. The summed E-state index contributed by atoms with van der Waals surface area (Å²) in [6, 6.07) is 11.9. The summed E-state index contributed by atoms with van der Waals surface area (Å²) in [7, 11) is 0. The van der Waals surface area contributed by atoms with Crippen molar-refractivity contribution in [1.82, 2.24) is 10.3 Å². The van der Waals surface area contributed by atoms with Crippen LogP contribution in [0.5, 0.6) is 0 Å². The molecule has 3 rings (SSSR count). The number of benzene rings is 1. The highest BCUT2D eigenvalue weighted by molar-refractivity contribution is 5.89. The van der Waals surface area contributed by atoms with Crippen molar-refractivity contribution in [3.05, 3.63) is 59.9 Å². The van der Waals surface area contributed by atoms with Crippen LogP contribution in [0.1, 0.15) is 30.0 Å². The van der Waals surface area contributed by atoms with Gasteiger partial charge in [0.15, 0.2) is 0 Å². The second kappa shape index (κ2) is 5.74. The van der Waals surface area contributed by atoms with Crippen molar-refractivity contribution in [2.75, 3.05) is 5.32 Å². The van der Waals surface area contributed by atoms with E-state index >= 15 is 0 Å². The molecule has 0 saturated carbocycles. The first kappa shape index (κ1) is 12.7. The Morgan fingerprint density at radius 2 is 2.10 bits per heavy atom. The number of aryl methyl sites for hydroxylation is 1. The van der Waals surface area contributed by atoms with Crippen molar-refractivity contribution in [2.45, 2.75) is 25.3 Å². The number of nitrogens with one attached hydrogen (secondary N) is 2. The van der Waals surface area contributed by atoms with Gasteiger partial charge in [-0.1, -0.05) is 24.3 Å². The molecule has 1 unspecified atom stereocenters. The molecule has 0 spiro atoms. The SMILES string of the molecule is O=C(Nc1cccnc1)NC1CCCc2ccccc21. The Labute approximate surface area is 118 Å². The van der Waals surface area contributed by atoms with E-state index in [9.17, 15) is 4.79 Å². The number of urea groups is 1. The second-order valence-electron chi connectivity index (χ2n) is 4.98. The van der Waals surface area contributed by atoms with Crippen molar-refractivity contribution in [2.24, 2.45) is 0 Å². The van der Waals surface area contributed by atoms with Crippen LogP contribution in [0, 0.1) is 0 Å². The van der Waals surface area contributed by atoms with E-state index in [0.29, 0.717) is 5.69 Å². The summed E-state index contributed by atoms with van der Waals surface area (Å²) < 4.78 is 0. The van der Waals surface area contributed by atoms with Gasteiger partial charge in [0, 0.05) is 6.20 Å². The number of hydrogen-bond acceptors (Lipinski definition) is 2. The van der Waals surface area contributed by atoms with Gasteiger partial charge in [-0.05, 0) is 42.5 Å². The fourth-order valence-corrected chi connectivity index (χ4v) is 2.67. The van der Waals surface area contributed by atoms with Gasteiger partial charge in [0.1, 0.15) is 0 Å². The van der Waals surface area contributed by atoms with Crippen LogP contribution in [0.3, 0.4) is 0 Å². The smallest absolute Gasteiger partial charge is 0.319 e. The number of amides is 2. The van der Waals surface area contributed by atoms with Crippen molar-refractivity contribution >= 4 is 11.7 Å². The van der Waals surface area contributed by atoms with Gasteiger partial charge in [-0.15, -0.1) is 0 Å². The van der Waals surface area contributed by atoms with Crippen LogP contribution in [-0.4, -0.2) is 11.0 Å². The Bertz CT molecular complexity index is 598. The first-order valence-corrected chi connectivity index (χ1v) is 6.88. The number of pyridine rings is 1. The van der Waals surface area contributed by atoms with E-state index in [4.69, 9.17) is 0 Å². The van der Waals surface area contributed by atoms with Gasteiger partial charge >= 0.3 is 6.03 Å². The monoisotopic (exact) mass is 267 g/mol. The molecular weight excluding hydrogens is 250 g/mol. The van der Waals surface area contributed by atoms with Crippen molar-refractivity contribution in [3.63, 3.8) is 0 Å². The highest BCUT2D eigenvalue weighted by Gasteiger charge is 2.21. The first-order valence-electron chi connectivity index (χ1n) is 6.88. The maximum Gasteiger partial charge on any atom is 0.319 e. The van der Waals surface area contributed by atoms with Gasteiger partial charge in [-0.3, -0.25) is 4.98 Å². The molecule has 102 valence electrons. The Kier molecular flexibility index (Phi) is 3.63. The second-order valence-corrected chi connectivity index (χ2v) is 4.98. The number of nitrogens with zero attached hydrogens (tertiary/aromatic N) is 1. The summed E-state index contributed by atoms with van der Waals surface area (Å²) in [5, 5.41) is 5.85. The van der Waals surface area contributed by atoms with E-state index in [1.165, 1.54) is 11.1 Å². The maximum atomic E-state index is 12.0. The summed E-state index contributed by atoms with van der Waals surface area (Å²) in [5.41, 5.74) is 3.28. The molecule has 2 N–H and O–H groups in total. The summed E-state index contributed by atoms with van der Waals surface area (Å²) >= 11 is 0. The largest absolute Gasteiger partial charge is 0.331 e. The molecule has 0 saturated heterocycles. The van der Waals surface area contributed by atoms with Crippen LogP contribution in [-0.2, 0) is 6.42 Å². The highest BCUT2D eigenvalue weighted by atomic mass is 16.2. The number of hydrogen-bond donors (Lipinski definition) is 2. The number of carbonyl (C=O) groups excluding carboxylic acids is 1. The van der Waals surface area contributed by atoms with Crippen molar-refractivity contribution in [3.8, 4) is 0 Å². The molecule has 1 atom stereocenters. The summed E-state index contributed by atoms with van der Waals surface area (Å²) in [4.78, 5) is 16.0. The van der Waals surface area contributed by atoms with Crippen LogP contribution in [0.15, 0.2) is 48.8 Å². The lowest BCUT2D eigenvalue weighted by Crippen LogP contribution is -2.34. The van der Waals surface area contributed by atoms with Gasteiger partial charge in [0.05, 0.1) is 17.9 Å². The van der Waals surface area contributed by atoms with Gasteiger partial charge in [-0.2, -0.15) is 0 Å². The van der Waals surface area contributed by atoms with Crippen molar-refractivity contribution in [1.29, 1.82) is 0 Å². The molecule has 0 bridgehead atoms. The van der Waals surface area contributed by atoms with Crippen molar-refractivity contribution < 1.29 is 4.79 Å². The minimum Gasteiger partial charge on any atom is -0.331 e. The lowest BCUT2D eigenvalue weighted by Gasteiger charge is -2.26. The topological polar surface area (TPSA) is 54.0 Å². The third-order valence-corrected chi connectivity index (χ3v) is 3.59. The van der Waals surface area contributed by atoms with Gasteiger partial charge < -0.3 is 10.6 Å². The minimum absolute atomic E-state index is 0.0941. The predicted molar refractivity (Wildman–Crippen MR) is 78.5 cm³/mol. The van der Waals surface area contributed by atoms with E-state index in [1.807, 2.05) is 12.1 Å². The normalized spacial score (nSPS) is 17.1. The molecular formula is C16H17N3O. The molecule has 1 aliphatic carbocycles. The van der Waals surface area contributed by atoms with Crippen LogP contribution in [0.2, 0.25) is 0 Å². The summed E-state index contributed by atoms with van der Waals surface area (Å²) in [6.45, 7) is 0. The number of fused-ring (bicyclic) bond motifs is 1. The lowest BCUT2D eigenvalue weighted by atomic mass is 9.88. The molecule has 0 radical (unpaired) electrons. The van der Waals surface area contributed by atoms with E-state index in [2.05, 4.69) is 33.8 Å². The summed E-state index contributed by atoms with van der Waals surface area (Å²) in [5.74, 6) is 0. The van der Waals surface area contributed by atoms with Gasteiger partial charge in [-0.25, -0.2) is 4.79 Å². The first-order chi connectivity index (χ1) is 9.83. The van der Waals surface area contributed by atoms with E-state index in [-0.39, 0.29) is 12.1 Å². The maximum absolute atomic E-state index is 12.0. The quantitative estimate of drug-likeness (QED) is 0.877. The molecule has 1 heterocycles. The fraction of sp³-hybridized carbons (Fsp3) is 0.250. The van der Waals surface area contributed by atoms with Crippen LogP contribution in [0.25, 0.3) is 0 Å². The average Bonchev–Trinajstić information content (AvgIpc) is 2.48. The Balaban J connectivity index is 1.68. The Hall–Kier alpha value is -2.36. The minimum atomic E-state index is -0.181. The zero-order chi connectivity index (χ0) is 13.8. The molecule has 1 aromatic heterocycles. The zero-order valence-electron chi connectivity index (χ0n) is 11.2. The standard InChI is InChI=1S/C16H17N3O/c20-16(18-13-7-4-10-17-11-13)19-15-9-3-6-12-5-1-2-8-14(12)15/h1-2,4-5,7-8,10-11,15H,3,6,9H2,(H2,18,19,20). The van der Waals surface area contributed by atoms with Crippen LogP contribution < -0.4 is 10.6 Å². The molecule has 0 fully saturated rings.